The van der Waals surface area contributed by atoms with Gasteiger partial charge >= 0.3 is 0 Å². The molecular weight excluding hydrogens is 214 g/mol. The lowest BCUT2D eigenvalue weighted by molar-refractivity contribution is -0.128. The molecule has 0 fully saturated rings. The molecule has 0 saturated carbocycles. The first-order valence-corrected chi connectivity index (χ1v) is 5.51. The lowest BCUT2D eigenvalue weighted by Gasteiger charge is -2.17. The Bertz CT molecular complexity index is 464. The molecule has 0 aromatic heterocycles. The van der Waals surface area contributed by atoms with Gasteiger partial charge in [0.15, 0.2) is 5.78 Å². The molecule has 0 saturated heterocycles. The van der Waals surface area contributed by atoms with Crippen molar-refractivity contribution in [3.05, 3.63) is 29.3 Å². The van der Waals surface area contributed by atoms with E-state index in [2.05, 4.69) is 0 Å². The number of aryl methyl sites for hydroxylation is 1. The summed E-state index contributed by atoms with van der Waals surface area (Å²) in [4.78, 5) is 11.7. The second-order valence-electron chi connectivity index (χ2n) is 5.05. The predicted molar refractivity (Wildman–Crippen MR) is 65.9 cm³/mol. The normalized spacial score (nSPS) is 10.8. The Morgan fingerprint density at radius 2 is 2.06 bits per heavy atom. The summed E-state index contributed by atoms with van der Waals surface area (Å²) in [6, 6.07) is 7.25. The van der Waals surface area contributed by atoms with Crippen LogP contribution in [0.15, 0.2) is 18.2 Å². The zero-order valence-electron chi connectivity index (χ0n) is 10.7. The molecular formula is C14H17NO2. The topological polar surface area (TPSA) is 50.1 Å². The molecule has 0 aliphatic heterocycles. The molecule has 1 aromatic carbocycles. The molecule has 0 radical (unpaired) electrons. The number of carbonyl (C=O) groups excluding carboxylic acids is 1. The van der Waals surface area contributed by atoms with Gasteiger partial charge in [-0.05, 0) is 24.6 Å². The van der Waals surface area contributed by atoms with Crippen molar-refractivity contribution < 1.29 is 9.53 Å². The van der Waals surface area contributed by atoms with Crippen LogP contribution in [0.4, 0.5) is 0 Å². The molecule has 90 valence electrons. The summed E-state index contributed by atoms with van der Waals surface area (Å²) in [6.45, 7) is 7.50. The number of carbonyl (C=O) groups is 1. The van der Waals surface area contributed by atoms with Crippen LogP contribution in [0.5, 0.6) is 5.75 Å². The molecule has 0 N–H and O–H groups in total. The SMILES string of the molecule is Cc1ccc(C#N)cc1OCC(=O)C(C)(C)C. The van der Waals surface area contributed by atoms with Gasteiger partial charge in [-0.25, -0.2) is 0 Å². The Labute approximate surface area is 102 Å². The first kappa shape index (κ1) is 13.2. The van der Waals surface area contributed by atoms with E-state index in [1.807, 2.05) is 39.8 Å². The molecule has 0 unspecified atom stereocenters. The van der Waals surface area contributed by atoms with Gasteiger partial charge in [0, 0.05) is 5.41 Å². The Morgan fingerprint density at radius 1 is 1.41 bits per heavy atom. The van der Waals surface area contributed by atoms with Crippen molar-refractivity contribution in [1.82, 2.24) is 0 Å². The van der Waals surface area contributed by atoms with Gasteiger partial charge in [0.25, 0.3) is 0 Å². The third kappa shape index (κ3) is 3.60. The lowest BCUT2D eigenvalue weighted by Crippen LogP contribution is -2.26. The van der Waals surface area contributed by atoms with Gasteiger partial charge in [0.1, 0.15) is 12.4 Å². The predicted octanol–water partition coefficient (Wildman–Crippen LogP) is 2.86. The molecule has 0 heterocycles. The maximum absolute atomic E-state index is 11.7. The third-order valence-corrected chi connectivity index (χ3v) is 2.51. The largest absolute Gasteiger partial charge is 0.485 e. The highest BCUT2D eigenvalue weighted by Gasteiger charge is 2.21. The molecule has 0 aliphatic carbocycles. The van der Waals surface area contributed by atoms with E-state index in [0.29, 0.717) is 11.3 Å². The van der Waals surface area contributed by atoms with Crippen LogP contribution in [0.3, 0.4) is 0 Å². The van der Waals surface area contributed by atoms with Crippen molar-refractivity contribution in [3.8, 4) is 11.8 Å². The molecule has 1 rings (SSSR count). The number of benzene rings is 1. The van der Waals surface area contributed by atoms with E-state index in [0.717, 1.165) is 5.56 Å². The zero-order chi connectivity index (χ0) is 13.1. The van der Waals surface area contributed by atoms with Crippen LogP contribution in [0.25, 0.3) is 0 Å². The molecule has 3 nitrogen and oxygen atoms in total. The smallest absolute Gasteiger partial charge is 0.175 e. The number of ether oxygens (including phenoxy) is 1. The van der Waals surface area contributed by atoms with E-state index in [1.165, 1.54) is 0 Å². The fraction of sp³-hybridized carbons (Fsp3) is 0.429. The molecule has 0 aliphatic rings. The standard InChI is InChI=1S/C14H17NO2/c1-10-5-6-11(8-15)7-12(10)17-9-13(16)14(2,3)4/h5-7H,9H2,1-4H3. The van der Waals surface area contributed by atoms with E-state index in [4.69, 9.17) is 10.00 Å². The first-order chi connectivity index (χ1) is 7.84. The number of rotatable bonds is 3. The summed E-state index contributed by atoms with van der Waals surface area (Å²) >= 11 is 0. The Hall–Kier alpha value is -1.82. The number of nitriles is 1. The average Bonchev–Trinajstić information content (AvgIpc) is 2.26. The Kier molecular flexibility index (Phi) is 3.90. The maximum Gasteiger partial charge on any atom is 0.175 e. The number of ketones is 1. The third-order valence-electron chi connectivity index (χ3n) is 2.51. The number of nitrogens with zero attached hydrogens (tertiary/aromatic N) is 1. The van der Waals surface area contributed by atoms with Crippen molar-refractivity contribution >= 4 is 5.78 Å². The summed E-state index contributed by atoms with van der Waals surface area (Å²) in [5, 5.41) is 8.79. The zero-order valence-corrected chi connectivity index (χ0v) is 10.7. The molecule has 0 atom stereocenters. The van der Waals surface area contributed by atoms with Gasteiger partial charge in [-0.2, -0.15) is 5.26 Å². The van der Waals surface area contributed by atoms with Crippen LogP contribution in [-0.2, 0) is 4.79 Å². The fourth-order valence-electron chi connectivity index (χ4n) is 1.18. The maximum atomic E-state index is 11.7. The van der Waals surface area contributed by atoms with Gasteiger partial charge in [0.05, 0.1) is 11.6 Å². The summed E-state index contributed by atoms with van der Waals surface area (Å²) in [7, 11) is 0. The minimum Gasteiger partial charge on any atom is -0.485 e. The van der Waals surface area contributed by atoms with Gasteiger partial charge in [0.2, 0.25) is 0 Å². The van der Waals surface area contributed by atoms with Crippen molar-refractivity contribution in [2.45, 2.75) is 27.7 Å². The van der Waals surface area contributed by atoms with Crippen LogP contribution < -0.4 is 4.74 Å². The molecule has 0 bridgehead atoms. The highest BCUT2D eigenvalue weighted by atomic mass is 16.5. The van der Waals surface area contributed by atoms with E-state index >= 15 is 0 Å². The minimum absolute atomic E-state index is 0.0409. The van der Waals surface area contributed by atoms with Crippen molar-refractivity contribution in [1.29, 1.82) is 5.26 Å². The van der Waals surface area contributed by atoms with Crippen molar-refractivity contribution in [3.63, 3.8) is 0 Å². The van der Waals surface area contributed by atoms with Crippen molar-refractivity contribution in [2.75, 3.05) is 6.61 Å². The molecule has 3 heteroatoms. The van der Waals surface area contributed by atoms with E-state index in [1.54, 1.807) is 12.1 Å². The second-order valence-corrected chi connectivity index (χ2v) is 5.05. The van der Waals surface area contributed by atoms with E-state index in [-0.39, 0.29) is 12.4 Å². The van der Waals surface area contributed by atoms with Crippen LogP contribution in [-0.4, -0.2) is 12.4 Å². The average molecular weight is 231 g/mol. The highest BCUT2D eigenvalue weighted by molar-refractivity contribution is 5.85. The van der Waals surface area contributed by atoms with Gasteiger partial charge in [-0.1, -0.05) is 26.8 Å². The summed E-state index contributed by atoms with van der Waals surface area (Å²) < 4.78 is 5.47. The Morgan fingerprint density at radius 3 is 2.59 bits per heavy atom. The number of hydrogen-bond acceptors (Lipinski definition) is 3. The van der Waals surface area contributed by atoms with Crippen molar-refractivity contribution in [2.24, 2.45) is 5.41 Å². The summed E-state index contributed by atoms with van der Waals surface area (Å²) in [6.07, 6.45) is 0. The molecule has 1 aromatic rings. The van der Waals surface area contributed by atoms with Gasteiger partial charge < -0.3 is 4.74 Å². The number of hydrogen-bond donors (Lipinski definition) is 0. The first-order valence-electron chi connectivity index (χ1n) is 5.51. The van der Waals surface area contributed by atoms with Gasteiger partial charge in [-0.3, -0.25) is 4.79 Å². The molecule has 17 heavy (non-hydrogen) atoms. The quantitative estimate of drug-likeness (QED) is 0.803. The van der Waals surface area contributed by atoms with Crippen LogP contribution in [0, 0.1) is 23.7 Å². The fourth-order valence-corrected chi connectivity index (χ4v) is 1.18. The van der Waals surface area contributed by atoms with Crippen LogP contribution in [0.2, 0.25) is 0 Å². The summed E-state index contributed by atoms with van der Waals surface area (Å²) in [5.74, 6) is 0.640. The van der Waals surface area contributed by atoms with E-state index in [9.17, 15) is 4.79 Å². The monoisotopic (exact) mass is 231 g/mol. The van der Waals surface area contributed by atoms with Crippen LogP contribution in [0.1, 0.15) is 31.9 Å². The second kappa shape index (κ2) is 5.01. The minimum atomic E-state index is -0.402. The molecule has 0 spiro atoms. The van der Waals surface area contributed by atoms with E-state index < -0.39 is 5.41 Å². The summed E-state index contributed by atoms with van der Waals surface area (Å²) in [5.41, 5.74) is 1.06. The Balaban J connectivity index is 2.77. The van der Waals surface area contributed by atoms with Crippen LogP contribution >= 0.6 is 0 Å². The molecule has 0 amide bonds. The highest BCUT2D eigenvalue weighted by Crippen LogP contribution is 2.21. The van der Waals surface area contributed by atoms with Gasteiger partial charge in [-0.15, -0.1) is 0 Å². The lowest BCUT2D eigenvalue weighted by atomic mass is 9.91. The number of Topliss-reactive ketones (excluding diaryl/α,β-unsaturated/α-hetero) is 1.